The Kier molecular flexibility index (Phi) is 3.64. The van der Waals surface area contributed by atoms with Crippen molar-refractivity contribution in [2.45, 2.75) is 6.54 Å². The second-order valence-electron chi connectivity index (χ2n) is 2.68. The molecule has 0 radical (unpaired) electrons. The molecule has 0 saturated heterocycles. The first-order valence-corrected chi connectivity index (χ1v) is 3.94. The van der Waals surface area contributed by atoms with Crippen molar-refractivity contribution < 1.29 is 18.5 Å². The highest BCUT2D eigenvalue weighted by atomic mass is 19.1. The molecule has 0 saturated carbocycles. The Hall–Kier alpha value is -1.60. The number of nitro groups is 1. The van der Waals surface area contributed by atoms with Crippen molar-refractivity contribution in [2.24, 2.45) is 0 Å². The normalized spacial score (nSPS) is 10.3. The van der Waals surface area contributed by atoms with Gasteiger partial charge in [-0.2, -0.15) is 9.87 Å². The minimum Gasteiger partial charge on any atom is -0.305 e. The fourth-order valence-corrected chi connectivity index (χ4v) is 1.01. The fourth-order valence-electron chi connectivity index (χ4n) is 1.01. The molecule has 5 nitrogen and oxygen atoms in total. The SMILES string of the molecule is CONCc1cc([N+](=O)[O-])c(F)cc1F. The summed E-state index contributed by atoms with van der Waals surface area (Å²) in [5.41, 5.74) is 1.51. The summed E-state index contributed by atoms with van der Waals surface area (Å²) < 4.78 is 25.9. The van der Waals surface area contributed by atoms with Crippen LogP contribution in [0.2, 0.25) is 0 Å². The Morgan fingerprint density at radius 3 is 2.67 bits per heavy atom. The Morgan fingerprint density at radius 1 is 1.47 bits per heavy atom. The monoisotopic (exact) mass is 218 g/mol. The number of rotatable bonds is 4. The van der Waals surface area contributed by atoms with Crippen LogP contribution in [0.3, 0.4) is 0 Å². The maximum Gasteiger partial charge on any atom is 0.305 e. The molecule has 0 fully saturated rings. The van der Waals surface area contributed by atoms with E-state index in [1.165, 1.54) is 7.11 Å². The first-order chi connectivity index (χ1) is 7.06. The molecule has 7 heteroatoms. The lowest BCUT2D eigenvalue weighted by Gasteiger charge is -2.04. The highest BCUT2D eigenvalue weighted by Gasteiger charge is 2.17. The third kappa shape index (κ3) is 2.67. The van der Waals surface area contributed by atoms with Gasteiger partial charge in [0, 0.05) is 24.2 Å². The van der Waals surface area contributed by atoms with Gasteiger partial charge in [0.05, 0.1) is 12.0 Å². The predicted molar refractivity (Wildman–Crippen MR) is 46.9 cm³/mol. The molecule has 0 aliphatic carbocycles. The van der Waals surface area contributed by atoms with Gasteiger partial charge in [0.15, 0.2) is 0 Å². The van der Waals surface area contributed by atoms with Crippen LogP contribution in [0.25, 0.3) is 0 Å². The van der Waals surface area contributed by atoms with Crippen molar-refractivity contribution in [3.05, 3.63) is 39.4 Å². The quantitative estimate of drug-likeness (QED) is 0.614. The van der Waals surface area contributed by atoms with E-state index >= 15 is 0 Å². The van der Waals surface area contributed by atoms with Gasteiger partial charge in [0.25, 0.3) is 0 Å². The number of hydrogen-bond acceptors (Lipinski definition) is 4. The van der Waals surface area contributed by atoms with Gasteiger partial charge in [-0.15, -0.1) is 0 Å². The van der Waals surface area contributed by atoms with Crippen LogP contribution in [0.1, 0.15) is 5.56 Å². The average Bonchev–Trinajstić information content (AvgIpc) is 2.16. The van der Waals surface area contributed by atoms with Gasteiger partial charge in [-0.3, -0.25) is 10.1 Å². The highest BCUT2D eigenvalue weighted by molar-refractivity contribution is 5.37. The van der Waals surface area contributed by atoms with Gasteiger partial charge in [-0.25, -0.2) is 4.39 Å². The number of halogens is 2. The predicted octanol–water partition coefficient (Wildman–Crippen LogP) is 1.52. The van der Waals surface area contributed by atoms with Gasteiger partial charge in [-0.05, 0) is 0 Å². The maximum absolute atomic E-state index is 13.1. The van der Waals surface area contributed by atoms with Gasteiger partial charge in [0.1, 0.15) is 5.82 Å². The number of hydrogen-bond donors (Lipinski definition) is 1. The summed E-state index contributed by atoms with van der Waals surface area (Å²) in [5.74, 6) is -2.05. The van der Waals surface area contributed by atoms with Crippen molar-refractivity contribution in [3.63, 3.8) is 0 Å². The number of nitro benzene ring substituents is 1. The molecule has 82 valence electrons. The summed E-state index contributed by atoms with van der Waals surface area (Å²) >= 11 is 0. The molecular formula is C8H8F2N2O3. The number of benzene rings is 1. The molecule has 1 rings (SSSR count). The van der Waals surface area contributed by atoms with Crippen molar-refractivity contribution in [1.29, 1.82) is 0 Å². The summed E-state index contributed by atoms with van der Waals surface area (Å²) in [6.45, 7) is -0.0799. The number of nitrogens with zero attached hydrogens (tertiary/aromatic N) is 1. The Balaban J connectivity index is 3.06. The summed E-state index contributed by atoms with van der Waals surface area (Å²) in [5, 5.41) is 10.4. The van der Waals surface area contributed by atoms with E-state index in [-0.39, 0.29) is 12.1 Å². The van der Waals surface area contributed by atoms with E-state index in [9.17, 15) is 18.9 Å². The standard InChI is InChI=1S/C8H8F2N2O3/c1-15-11-4-5-2-8(12(13)14)7(10)3-6(5)9/h2-3,11H,4H2,1H3. The first kappa shape index (κ1) is 11.5. The van der Waals surface area contributed by atoms with E-state index in [0.717, 1.165) is 6.07 Å². The van der Waals surface area contributed by atoms with Gasteiger partial charge in [-0.1, -0.05) is 0 Å². The second kappa shape index (κ2) is 4.76. The molecule has 1 N–H and O–H groups in total. The smallest absolute Gasteiger partial charge is 0.305 e. The van der Waals surface area contributed by atoms with Crippen molar-refractivity contribution in [1.82, 2.24) is 5.48 Å². The van der Waals surface area contributed by atoms with Crippen LogP contribution >= 0.6 is 0 Å². The fraction of sp³-hybridized carbons (Fsp3) is 0.250. The van der Waals surface area contributed by atoms with Crippen molar-refractivity contribution >= 4 is 5.69 Å². The van der Waals surface area contributed by atoms with Crippen LogP contribution in [-0.2, 0) is 11.4 Å². The lowest BCUT2D eigenvalue weighted by Crippen LogP contribution is -2.12. The van der Waals surface area contributed by atoms with E-state index in [1.54, 1.807) is 0 Å². The highest BCUT2D eigenvalue weighted by Crippen LogP contribution is 2.21. The van der Waals surface area contributed by atoms with Crippen molar-refractivity contribution in [3.8, 4) is 0 Å². The molecule has 0 amide bonds. The maximum atomic E-state index is 13.1. The molecule has 0 unspecified atom stereocenters. The third-order valence-electron chi connectivity index (χ3n) is 1.72. The number of hydroxylamine groups is 1. The molecule has 0 aliphatic rings. The average molecular weight is 218 g/mol. The van der Waals surface area contributed by atoms with Crippen LogP contribution in [0, 0.1) is 21.7 Å². The summed E-state index contributed by atoms with van der Waals surface area (Å²) in [6.07, 6.45) is 0. The molecular weight excluding hydrogens is 210 g/mol. The lowest BCUT2D eigenvalue weighted by molar-refractivity contribution is -0.387. The minimum absolute atomic E-state index is 0.0371. The largest absolute Gasteiger partial charge is 0.305 e. The molecule has 1 aromatic rings. The van der Waals surface area contributed by atoms with E-state index in [2.05, 4.69) is 10.3 Å². The van der Waals surface area contributed by atoms with Gasteiger partial charge in [0.2, 0.25) is 5.82 Å². The molecule has 0 spiro atoms. The molecule has 0 heterocycles. The van der Waals surface area contributed by atoms with Crippen LogP contribution in [-0.4, -0.2) is 12.0 Å². The van der Waals surface area contributed by atoms with Gasteiger partial charge >= 0.3 is 5.69 Å². The lowest BCUT2D eigenvalue weighted by atomic mass is 10.2. The minimum atomic E-state index is -1.20. The van der Waals surface area contributed by atoms with Crippen molar-refractivity contribution in [2.75, 3.05) is 7.11 Å². The molecule has 1 aromatic carbocycles. The zero-order valence-electron chi connectivity index (χ0n) is 7.79. The van der Waals surface area contributed by atoms with E-state index in [0.29, 0.717) is 6.07 Å². The van der Waals surface area contributed by atoms with E-state index in [1.807, 2.05) is 0 Å². The molecule has 15 heavy (non-hydrogen) atoms. The third-order valence-corrected chi connectivity index (χ3v) is 1.72. The van der Waals surface area contributed by atoms with Crippen LogP contribution in [0.5, 0.6) is 0 Å². The molecule has 0 aliphatic heterocycles. The Morgan fingerprint density at radius 2 is 2.13 bits per heavy atom. The van der Waals surface area contributed by atoms with Crippen LogP contribution < -0.4 is 5.48 Å². The van der Waals surface area contributed by atoms with Crippen LogP contribution in [0.4, 0.5) is 14.5 Å². The van der Waals surface area contributed by atoms with E-state index in [4.69, 9.17) is 0 Å². The zero-order chi connectivity index (χ0) is 11.4. The van der Waals surface area contributed by atoms with Gasteiger partial charge < -0.3 is 4.84 Å². The first-order valence-electron chi connectivity index (χ1n) is 3.94. The Bertz CT molecular complexity index is 384. The summed E-state index contributed by atoms with van der Waals surface area (Å²) in [6, 6.07) is 1.31. The Labute approximate surface area is 83.8 Å². The zero-order valence-corrected chi connectivity index (χ0v) is 7.79. The second-order valence-corrected chi connectivity index (χ2v) is 2.68. The molecule has 0 bridgehead atoms. The topological polar surface area (TPSA) is 64.4 Å². The molecule has 0 aromatic heterocycles. The van der Waals surface area contributed by atoms with E-state index < -0.39 is 22.2 Å². The summed E-state index contributed by atoms with van der Waals surface area (Å²) in [4.78, 5) is 13.9. The molecule has 0 atom stereocenters. The number of nitrogens with one attached hydrogen (secondary N) is 1. The summed E-state index contributed by atoms with van der Waals surface area (Å²) in [7, 11) is 1.32. The van der Waals surface area contributed by atoms with Crippen LogP contribution in [0.15, 0.2) is 12.1 Å².